The highest BCUT2D eigenvalue weighted by atomic mass is 16.5. The second-order valence-corrected chi connectivity index (χ2v) is 6.42. The lowest BCUT2D eigenvalue weighted by Gasteiger charge is -2.28. The van der Waals surface area contributed by atoms with Gasteiger partial charge in [0, 0.05) is 6.54 Å². The standard InChI is InChI=1S/C18H29NO2/c1-4-11-19-12-6-9-18(20,10-13-19)16-7-5-8-17(14-16)21-15(2)3/h5,7-8,14-15,20H,4,6,9-13H2,1-3H3. The van der Waals surface area contributed by atoms with E-state index in [1.807, 2.05) is 38.1 Å². The van der Waals surface area contributed by atoms with Gasteiger partial charge in [-0.25, -0.2) is 0 Å². The van der Waals surface area contributed by atoms with Gasteiger partial charge in [-0.1, -0.05) is 19.1 Å². The Hall–Kier alpha value is -1.06. The van der Waals surface area contributed by atoms with Crippen LogP contribution in [0.5, 0.6) is 5.75 Å². The normalized spacial score (nSPS) is 24.0. The maximum atomic E-state index is 11.1. The van der Waals surface area contributed by atoms with Gasteiger partial charge in [-0.15, -0.1) is 0 Å². The Bertz CT molecular complexity index is 447. The van der Waals surface area contributed by atoms with E-state index in [9.17, 15) is 5.11 Å². The molecule has 1 N–H and O–H groups in total. The Morgan fingerprint density at radius 2 is 2.10 bits per heavy atom. The molecule has 0 saturated carbocycles. The molecular weight excluding hydrogens is 262 g/mol. The minimum Gasteiger partial charge on any atom is -0.491 e. The average Bonchev–Trinajstić information content (AvgIpc) is 2.62. The SMILES string of the molecule is CCCN1CCCC(O)(c2cccc(OC(C)C)c2)CC1. The van der Waals surface area contributed by atoms with Crippen molar-refractivity contribution in [3.63, 3.8) is 0 Å². The van der Waals surface area contributed by atoms with Crippen molar-refractivity contribution in [1.29, 1.82) is 0 Å². The smallest absolute Gasteiger partial charge is 0.120 e. The van der Waals surface area contributed by atoms with Crippen LogP contribution in [0.3, 0.4) is 0 Å². The summed E-state index contributed by atoms with van der Waals surface area (Å²) in [6.45, 7) is 9.46. The lowest BCUT2D eigenvalue weighted by molar-refractivity contribution is 0.0209. The first-order valence-corrected chi connectivity index (χ1v) is 8.25. The second kappa shape index (κ2) is 7.28. The van der Waals surface area contributed by atoms with E-state index in [1.165, 1.54) is 6.42 Å². The Kier molecular flexibility index (Phi) is 5.65. The van der Waals surface area contributed by atoms with E-state index in [4.69, 9.17) is 4.74 Å². The molecule has 1 aliphatic rings. The van der Waals surface area contributed by atoms with Gasteiger partial charge in [-0.2, -0.15) is 0 Å². The summed E-state index contributed by atoms with van der Waals surface area (Å²) in [7, 11) is 0. The zero-order chi connectivity index (χ0) is 15.3. The van der Waals surface area contributed by atoms with Gasteiger partial charge in [-0.3, -0.25) is 0 Å². The molecule has 0 radical (unpaired) electrons. The molecule has 118 valence electrons. The molecule has 1 aliphatic heterocycles. The summed E-state index contributed by atoms with van der Waals surface area (Å²) in [5, 5.41) is 11.1. The van der Waals surface area contributed by atoms with Crippen molar-refractivity contribution in [2.24, 2.45) is 0 Å². The summed E-state index contributed by atoms with van der Waals surface area (Å²) in [6.07, 6.45) is 4.02. The molecule has 0 aliphatic carbocycles. The molecule has 0 amide bonds. The second-order valence-electron chi connectivity index (χ2n) is 6.42. The summed E-state index contributed by atoms with van der Waals surface area (Å²) in [6, 6.07) is 7.99. The molecule has 0 spiro atoms. The molecule has 0 aromatic heterocycles. The quantitative estimate of drug-likeness (QED) is 0.900. The number of hydrogen-bond acceptors (Lipinski definition) is 3. The van der Waals surface area contributed by atoms with Crippen molar-refractivity contribution >= 4 is 0 Å². The molecule has 3 heteroatoms. The topological polar surface area (TPSA) is 32.7 Å². The number of likely N-dealkylation sites (tertiary alicyclic amines) is 1. The van der Waals surface area contributed by atoms with E-state index in [-0.39, 0.29) is 6.10 Å². The number of ether oxygens (including phenoxy) is 1. The number of rotatable bonds is 5. The summed E-state index contributed by atoms with van der Waals surface area (Å²) >= 11 is 0. The predicted molar refractivity (Wildman–Crippen MR) is 86.7 cm³/mol. The van der Waals surface area contributed by atoms with Crippen LogP contribution >= 0.6 is 0 Å². The van der Waals surface area contributed by atoms with Crippen molar-refractivity contribution in [3.8, 4) is 5.75 Å². The van der Waals surface area contributed by atoms with E-state index >= 15 is 0 Å². The minimum atomic E-state index is -0.709. The first-order chi connectivity index (χ1) is 10.0. The van der Waals surface area contributed by atoms with Crippen LogP contribution in [0.1, 0.15) is 52.0 Å². The molecule has 1 heterocycles. The van der Waals surface area contributed by atoms with Crippen LogP contribution in [0.15, 0.2) is 24.3 Å². The zero-order valence-electron chi connectivity index (χ0n) is 13.6. The van der Waals surface area contributed by atoms with Crippen molar-refractivity contribution in [3.05, 3.63) is 29.8 Å². The highest BCUT2D eigenvalue weighted by molar-refractivity contribution is 5.32. The fraction of sp³-hybridized carbons (Fsp3) is 0.667. The third kappa shape index (κ3) is 4.45. The van der Waals surface area contributed by atoms with Crippen LogP contribution in [0, 0.1) is 0 Å². The molecule has 21 heavy (non-hydrogen) atoms. The Balaban J connectivity index is 2.12. The van der Waals surface area contributed by atoms with Crippen LogP contribution in [0.4, 0.5) is 0 Å². The molecule has 1 aromatic carbocycles. The Morgan fingerprint density at radius 1 is 1.29 bits per heavy atom. The molecule has 0 bridgehead atoms. The minimum absolute atomic E-state index is 0.157. The number of nitrogens with zero attached hydrogens (tertiary/aromatic N) is 1. The van der Waals surface area contributed by atoms with Crippen molar-refractivity contribution in [1.82, 2.24) is 4.90 Å². The van der Waals surface area contributed by atoms with E-state index in [1.54, 1.807) is 0 Å². The first kappa shape index (κ1) is 16.3. The molecule has 2 rings (SSSR count). The molecule has 1 atom stereocenters. The van der Waals surface area contributed by atoms with Gasteiger partial charge < -0.3 is 14.7 Å². The highest BCUT2D eigenvalue weighted by Gasteiger charge is 2.32. The maximum absolute atomic E-state index is 11.1. The lowest BCUT2D eigenvalue weighted by atomic mass is 9.87. The Morgan fingerprint density at radius 3 is 2.81 bits per heavy atom. The molecule has 1 fully saturated rings. The third-order valence-electron chi connectivity index (χ3n) is 4.19. The summed E-state index contributed by atoms with van der Waals surface area (Å²) < 4.78 is 5.76. The van der Waals surface area contributed by atoms with Gasteiger partial charge in [-0.05, 0) is 70.3 Å². The van der Waals surface area contributed by atoms with Crippen LogP contribution in [0.25, 0.3) is 0 Å². The zero-order valence-corrected chi connectivity index (χ0v) is 13.6. The van der Waals surface area contributed by atoms with Gasteiger partial charge in [0.1, 0.15) is 5.75 Å². The van der Waals surface area contributed by atoms with Gasteiger partial charge in [0.25, 0.3) is 0 Å². The Labute approximate surface area is 128 Å². The average molecular weight is 291 g/mol. The van der Waals surface area contributed by atoms with E-state index < -0.39 is 5.60 Å². The molecule has 1 aromatic rings. The van der Waals surface area contributed by atoms with Crippen molar-refractivity contribution in [2.75, 3.05) is 19.6 Å². The van der Waals surface area contributed by atoms with E-state index in [2.05, 4.69) is 11.8 Å². The van der Waals surface area contributed by atoms with Crippen LogP contribution in [-0.2, 0) is 5.60 Å². The predicted octanol–water partition coefficient (Wildman–Crippen LogP) is 3.56. The van der Waals surface area contributed by atoms with E-state index in [0.717, 1.165) is 50.2 Å². The van der Waals surface area contributed by atoms with Crippen molar-refractivity contribution in [2.45, 2.75) is 58.2 Å². The van der Waals surface area contributed by atoms with Gasteiger partial charge in [0.05, 0.1) is 11.7 Å². The number of benzene rings is 1. The summed E-state index contributed by atoms with van der Waals surface area (Å²) in [4.78, 5) is 2.46. The highest BCUT2D eigenvalue weighted by Crippen LogP contribution is 2.34. The van der Waals surface area contributed by atoms with Crippen LogP contribution in [0.2, 0.25) is 0 Å². The number of hydrogen-bond donors (Lipinski definition) is 1. The summed E-state index contributed by atoms with van der Waals surface area (Å²) in [5.74, 6) is 0.852. The summed E-state index contributed by atoms with van der Waals surface area (Å²) in [5.41, 5.74) is 0.290. The van der Waals surface area contributed by atoms with E-state index in [0.29, 0.717) is 0 Å². The van der Waals surface area contributed by atoms with Gasteiger partial charge in [0.15, 0.2) is 0 Å². The van der Waals surface area contributed by atoms with Gasteiger partial charge >= 0.3 is 0 Å². The van der Waals surface area contributed by atoms with Crippen LogP contribution < -0.4 is 4.74 Å². The first-order valence-electron chi connectivity index (χ1n) is 8.25. The molecule has 3 nitrogen and oxygen atoms in total. The lowest BCUT2D eigenvalue weighted by Crippen LogP contribution is -2.29. The molecule has 1 unspecified atom stereocenters. The van der Waals surface area contributed by atoms with Gasteiger partial charge in [0.2, 0.25) is 0 Å². The van der Waals surface area contributed by atoms with Crippen molar-refractivity contribution < 1.29 is 9.84 Å². The monoisotopic (exact) mass is 291 g/mol. The molecule has 1 saturated heterocycles. The maximum Gasteiger partial charge on any atom is 0.120 e. The third-order valence-corrected chi connectivity index (χ3v) is 4.19. The fourth-order valence-electron chi connectivity index (χ4n) is 3.13. The largest absolute Gasteiger partial charge is 0.491 e. The number of aliphatic hydroxyl groups is 1. The fourth-order valence-corrected chi connectivity index (χ4v) is 3.13. The molecular formula is C18H29NO2. The van der Waals surface area contributed by atoms with Crippen LogP contribution in [-0.4, -0.2) is 35.7 Å².